The summed E-state index contributed by atoms with van der Waals surface area (Å²) in [4.78, 5) is 11.0. The third-order valence-electron chi connectivity index (χ3n) is 1.41. The Bertz CT molecular complexity index is 314. The smallest absolute Gasteiger partial charge is 0.179 e. The molecule has 0 saturated heterocycles. The summed E-state index contributed by atoms with van der Waals surface area (Å²) in [7, 11) is 0. The van der Waals surface area contributed by atoms with Crippen LogP contribution in [0.15, 0.2) is 22.7 Å². The van der Waals surface area contributed by atoms with Crippen molar-refractivity contribution in [3.8, 4) is 0 Å². The lowest BCUT2D eigenvalue weighted by molar-refractivity contribution is 0.0997. The lowest BCUT2D eigenvalue weighted by atomic mass is 10.1. The van der Waals surface area contributed by atoms with E-state index >= 15 is 0 Å². The molecule has 2 nitrogen and oxygen atoms in total. The van der Waals surface area contributed by atoms with Crippen LogP contribution in [0.4, 0.5) is 4.39 Å². The maximum absolute atomic E-state index is 12.9. The number of nitrogens with two attached hydrogens (primary N) is 1. The van der Waals surface area contributed by atoms with Gasteiger partial charge in [-0.1, -0.05) is 15.9 Å². The summed E-state index contributed by atoms with van der Waals surface area (Å²) in [5, 5.41) is 0. The molecular formula is C8H7BrFNO. The van der Waals surface area contributed by atoms with Gasteiger partial charge in [-0.2, -0.15) is 0 Å². The number of hydrogen-bond acceptors (Lipinski definition) is 2. The van der Waals surface area contributed by atoms with Crippen molar-refractivity contribution in [3.05, 3.63) is 34.1 Å². The van der Waals surface area contributed by atoms with E-state index in [1.807, 2.05) is 0 Å². The number of Topliss-reactive ketones (excluding diaryl/α,β-unsaturated/α-hetero) is 1. The fourth-order valence-electron chi connectivity index (χ4n) is 0.821. The second-order valence-electron chi connectivity index (χ2n) is 2.25. The molecule has 0 spiro atoms. The van der Waals surface area contributed by atoms with Gasteiger partial charge in [0.25, 0.3) is 0 Å². The van der Waals surface area contributed by atoms with Crippen LogP contribution >= 0.6 is 15.9 Å². The van der Waals surface area contributed by atoms with Crippen molar-refractivity contribution >= 4 is 21.7 Å². The number of hydrogen-bond donors (Lipinski definition) is 1. The molecule has 1 rings (SSSR count). The maximum atomic E-state index is 12.9. The van der Waals surface area contributed by atoms with Crippen molar-refractivity contribution in [1.29, 1.82) is 0 Å². The minimum Gasteiger partial charge on any atom is -0.324 e. The van der Waals surface area contributed by atoms with Gasteiger partial charge in [-0.15, -0.1) is 0 Å². The molecule has 0 fully saturated rings. The first-order valence-electron chi connectivity index (χ1n) is 3.33. The topological polar surface area (TPSA) is 43.1 Å². The molecule has 0 aliphatic rings. The quantitative estimate of drug-likeness (QED) is 0.789. The first-order chi connectivity index (χ1) is 5.65. The lowest BCUT2D eigenvalue weighted by Crippen LogP contribution is -2.14. The molecule has 64 valence electrons. The number of rotatable bonds is 2. The number of halogens is 2. The first-order valence-corrected chi connectivity index (χ1v) is 4.12. The molecule has 0 heterocycles. The standard InChI is InChI=1S/C8H7BrFNO/c9-5-1-2-7(10)6(3-5)8(12)4-11/h1-3H,4,11H2. The summed E-state index contributed by atoms with van der Waals surface area (Å²) in [6, 6.07) is 4.18. The zero-order valence-corrected chi connectivity index (χ0v) is 7.77. The molecule has 0 aromatic heterocycles. The van der Waals surface area contributed by atoms with E-state index < -0.39 is 11.6 Å². The molecule has 1 aromatic rings. The summed E-state index contributed by atoms with van der Waals surface area (Å²) >= 11 is 3.13. The monoisotopic (exact) mass is 231 g/mol. The maximum Gasteiger partial charge on any atom is 0.179 e. The summed E-state index contributed by atoms with van der Waals surface area (Å²) in [5.41, 5.74) is 5.13. The SMILES string of the molecule is NCC(=O)c1cc(Br)ccc1F. The molecular weight excluding hydrogens is 225 g/mol. The van der Waals surface area contributed by atoms with Gasteiger partial charge in [-0.3, -0.25) is 4.79 Å². The third kappa shape index (κ3) is 1.89. The van der Waals surface area contributed by atoms with Crippen LogP contribution in [-0.2, 0) is 0 Å². The van der Waals surface area contributed by atoms with Crippen molar-refractivity contribution in [2.24, 2.45) is 5.73 Å². The highest BCUT2D eigenvalue weighted by Crippen LogP contribution is 2.15. The van der Waals surface area contributed by atoms with Crippen molar-refractivity contribution in [2.75, 3.05) is 6.54 Å². The van der Waals surface area contributed by atoms with Crippen LogP contribution in [0, 0.1) is 5.82 Å². The second kappa shape index (κ2) is 3.78. The Morgan fingerprint density at radius 3 is 2.83 bits per heavy atom. The molecule has 0 amide bonds. The van der Waals surface area contributed by atoms with Gasteiger partial charge in [-0.25, -0.2) is 4.39 Å². The molecule has 4 heteroatoms. The highest BCUT2D eigenvalue weighted by atomic mass is 79.9. The molecule has 0 atom stereocenters. The van der Waals surface area contributed by atoms with E-state index in [1.165, 1.54) is 18.2 Å². The molecule has 1 aromatic carbocycles. The van der Waals surface area contributed by atoms with E-state index in [0.717, 1.165) is 0 Å². The van der Waals surface area contributed by atoms with Crippen molar-refractivity contribution in [2.45, 2.75) is 0 Å². The van der Waals surface area contributed by atoms with Crippen molar-refractivity contribution in [3.63, 3.8) is 0 Å². The van der Waals surface area contributed by atoms with Gasteiger partial charge in [-0.05, 0) is 18.2 Å². The minimum atomic E-state index is -0.534. The van der Waals surface area contributed by atoms with Gasteiger partial charge in [0.2, 0.25) is 0 Å². The zero-order valence-electron chi connectivity index (χ0n) is 6.18. The van der Waals surface area contributed by atoms with Crippen LogP contribution in [0.3, 0.4) is 0 Å². The van der Waals surface area contributed by atoms with Gasteiger partial charge in [0.1, 0.15) is 5.82 Å². The van der Waals surface area contributed by atoms with E-state index in [4.69, 9.17) is 5.73 Å². The predicted octanol–water partition coefficient (Wildman–Crippen LogP) is 1.73. The van der Waals surface area contributed by atoms with Gasteiger partial charge in [0.05, 0.1) is 12.1 Å². The molecule has 0 saturated carbocycles. The summed E-state index contributed by atoms with van der Waals surface area (Å²) in [5.74, 6) is -0.928. The van der Waals surface area contributed by atoms with Crippen LogP contribution in [0.5, 0.6) is 0 Å². The molecule has 0 radical (unpaired) electrons. The Labute approximate surface area is 77.7 Å². The normalized spacial score (nSPS) is 9.92. The van der Waals surface area contributed by atoms with Crippen LogP contribution in [0.1, 0.15) is 10.4 Å². The van der Waals surface area contributed by atoms with E-state index in [9.17, 15) is 9.18 Å². The first kappa shape index (κ1) is 9.35. The predicted molar refractivity (Wildman–Crippen MR) is 47.5 cm³/mol. The van der Waals surface area contributed by atoms with E-state index in [1.54, 1.807) is 0 Å². The minimum absolute atomic E-state index is 0.0341. The summed E-state index contributed by atoms with van der Waals surface area (Å²) in [6.45, 7) is -0.173. The zero-order chi connectivity index (χ0) is 9.14. The highest BCUT2D eigenvalue weighted by molar-refractivity contribution is 9.10. The fraction of sp³-hybridized carbons (Fsp3) is 0.125. The van der Waals surface area contributed by atoms with E-state index in [0.29, 0.717) is 4.47 Å². The van der Waals surface area contributed by atoms with Gasteiger partial charge < -0.3 is 5.73 Å². The van der Waals surface area contributed by atoms with Crippen molar-refractivity contribution < 1.29 is 9.18 Å². The number of benzene rings is 1. The summed E-state index contributed by atoms with van der Waals surface area (Å²) < 4.78 is 13.6. The molecule has 12 heavy (non-hydrogen) atoms. The summed E-state index contributed by atoms with van der Waals surface area (Å²) in [6.07, 6.45) is 0. The number of carbonyl (C=O) groups excluding carboxylic acids is 1. The Balaban J connectivity index is 3.13. The Morgan fingerprint density at radius 2 is 2.25 bits per heavy atom. The fourth-order valence-corrected chi connectivity index (χ4v) is 1.18. The Hall–Kier alpha value is -0.740. The van der Waals surface area contributed by atoms with Crippen LogP contribution in [0.2, 0.25) is 0 Å². The van der Waals surface area contributed by atoms with Gasteiger partial charge in [0.15, 0.2) is 5.78 Å². The van der Waals surface area contributed by atoms with E-state index in [2.05, 4.69) is 15.9 Å². The Kier molecular flexibility index (Phi) is 2.94. The number of ketones is 1. The molecule has 2 N–H and O–H groups in total. The average Bonchev–Trinajstić information content (AvgIpc) is 2.08. The van der Waals surface area contributed by atoms with Gasteiger partial charge in [0, 0.05) is 4.47 Å². The second-order valence-corrected chi connectivity index (χ2v) is 3.17. The lowest BCUT2D eigenvalue weighted by Gasteiger charge is -1.99. The third-order valence-corrected chi connectivity index (χ3v) is 1.91. The highest BCUT2D eigenvalue weighted by Gasteiger charge is 2.09. The van der Waals surface area contributed by atoms with E-state index in [-0.39, 0.29) is 12.1 Å². The Morgan fingerprint density at radius 1 is 1.58 bits per heavy atom. The molecule has 0 bridgehead atoms. The molecule has 0 aliphatic heterocycles. The largest absolute Gasteiger partial charge is 0.324 e. The van der Waals surface area contributed by atoms with Crippen molar-refractivity contribution in [1.82, 2.24) is 0 Å². The average molecular weight is 232 g/mol. The molecule has 0 aliphatic carbocycles. The molecule has 0 unspecified atom stereocenters. The van der Waals surface area contributed by atoms with Crippen LogP contribution in [0.25, 0.3) is 0 Å². The van der Waals surface area contributed by atoms with Crippen LogP contribution < -0.4 is 5.73 Å². The van der Waals surface area contributed by atoms with Crippen LogP contribution in [-0.4, -0.2) is 12.3 Å². The number of carbonyl (C=O) groups is 1. The van der Waals surface area contributed by atoms with Gasteiger partial charge >= 0.3 is 0 Å².